The lowest BCUT2D eigenvalue weighted by atomic mass is 9.78. The molecule has 0 bridgehead atoms. The number of nitrogens with one attached hydrogen (secondary N) is 1. The number of carbonyl (C=O) groups excluding carboxylic acids is 1. The maximum Gasteiger partial charge on any atom is 0.254 e. The van der Waals surface area contributed by atoms with Crippen molar-refractivity contribution in [2.45, 2.75) is 37.8 Å². The topological polar surface area (TPSA) is 82.0 Å². The molecule has 1 heterocycles. The number of aliphatic hydroxyl groups is 2. The van der Waals surface area contributed by atoms with Gasteiger partial charge in [0, 0.05) is 22.2 Å². The van der Waals surface area contributed by atoms with E-state index < -0.39 is 24.3 Å². The molecule has 1 aliphatic rings. The van der Waals surface area contributed by atoms with Gasteiger partial charge in [0.25, 0.3) is 5.91 Å². The Morgan fingerprint density at radius 1 is 1.00 bits per heavy atom. The van der Waals surface area contributed by atoms with Gasteiger partial charge < -0.3 is 15.1 Å². The van der Waals surface area contributed by atoms with Gasteiger partial charge in [-0.05, 0) is 41.8 Å². The van der Waals surface area contributed by atoms with Crippen LogP contribution in [-0.4, -0.2) is 39.9 Å². The van der Waals surface area contributed by atoms with E-state index in [1.807, 2.05) is 42.5 Å². The standard InChI is InChI=1S/C26H26Cl2N2O4/c1-16(31)14-30-24(21-12-11-18(27)13-22(21)28)23(19-9-5-6-10-20(19)26(30)33)25(32)29-34-15-17-7-3-2-4-8-17/h2-13,16,23-25,29,31-32H,14-15H2,1H3. The molecule has 0 aromatic heterocycles. The first-order valence-corrected chi connectivity index (χ1v) is 11.7. The van der Waals surface area contributed by atoms with Crippen LogP contribution in [0.2, 0.25) is 10.0 Å². The van der Waals surface area contributed by atoms with E-state index in [0.29, 0.717) is 26.7 Å². The average Bonchev–Trinajstić information content (AvgIpc) is 2.81. The molecule has 178 valence electrons. The van der Waals surface area contributed by atoms with E-state index in [0.717, 1.165) is 5.56 Å². The first-order valence-electron chi connectivity index (χ1n) is 11.0. The van der Waals surface area contributed by atoms with E-state index in [1.165, 1.54) is 0 Å². The highest BCUT2D eigenvalue weighted by Gasteiger charge is 2.45. The Morgan fingerprint density at radius 3 is 2.41 bits per heavy atom. The summed E-state index contributed by atoms with van der Waals surface area (Å²) in [5.41, 5.74) is 5.42. The van der Waals surface area contributed by atoms with E-state index in [1.54, 1.807) is 42.2 Å². The molecule has 4 rings (SSSR count). The van der Waals surface area contributed by atoms with E-state index in [-0.39, 0.29) is 19.1 Å². The third kappa shape index (κ3) is 5.28. The van der Waals surface area contributed by atoms with Gasteiger partial charge in [-0.25, -0.2) is 0 Å². The highest BCUT2D eigenvalue weighted by atomic mass is 35.5. The average molecular weight is 501 g/mol. The maximum atomic E-state index is 13.5. The predicted octanol–water partition coefficient (Wildman–Crippen LogP) is 4.69. The van der Waals surface area contributed by atoms with Crippen LogP contribution < -0.4 is 5.48 Å². The van der Waals surface area contributed by atoms with Gasteiger partial charge in [-0.3, -0.25) is 9.63 Å². The molecule has 34 heavy (non-hydrogen) atoms. The molecule has 6 nitrogen and oxygen atoms in total. The van der Waals surface area contributed by atoms with Gasteiger partial charge in [0.2, 0.25) is 0 Å². The number of fused-ring (bicyclic) bond motifs is 1. The van der Waals surface area contributed by atoms with Crippen LogP contribution in [0.3, 0.4) is 0 Å². The fourth-order valence-electron chi connectivity index (χ4n) is 4.41. The van der Waals surface area contributed by atoms with Crippen LogP contribution in [0.5, 0.6) is 0 Å². The highest BCUT2D eigenvalue weighted by Crippen LogP contribution is 2.46. The molecule has 3 N–H and O–H groups in total. The summed E-state index contributed by atoms with van der Waals surface area (Å²) in [7, 11) is 0. The van der Waals surface area contributed by atoms with E-state index in [4.69, 9.17) is 28.0 Å². The van der Waals surface area contributed by atoms with Gasteiger partial charge >= 0.3 is 0 Å². The molecular weight excluding hydrogens is 475 g/mol. The molecule has 0 saturated carbocycles. The van der Waals surface area contributed by atoms with Gasteiger partial charge in [-0.1, -0.05) is 77.8 Å². The quantitative estimate of drug-likeness (QED) is 0.308. The van der Waals surface area contributed by atoms with E-state index >= 15 is 0 Å². The Labute approximate surface area is 208 Å². The number of nitrogens with zero attached hydrogens (tertiary/aromatic N) is 1. The number of hydrogen-bond donors (Lipinski definition) is 3. The van der Waals surface area contributed by atoms with E-state index in [9.17, 15) is 15.0 Å². The summed E-state index contributed by atoms with van der Waals surface area (Å²) < 4.78 is 0. The van der Waals surface area contributed by atoms with Crippen molar-refractivity contribution in [2.24, 2.45) is 0 Å². The minimum absolute atomic E-state index is 0.0604. The van der Waals surface area contributed by atoms with E-state index in [2.05, 4.69) is 5.48 Å². The maximum absolute atomic E-state index is 13.5. The summed E-state index contributed by atoms with van der Waals surface area (Å²) in [6.07, 6.45) is -1.98. The zero-order valence-electron chi connectivity index (χ0n) is 18.6. The van der Waals surface area contributed by atoms with Crippen LogP contribution in [-0.2, 0) is 11.4 Å². The molecule has 0 radical (unpaired) electrons. The third-order valence-corrected chi connectivity index (χ3v) is 6.42. The van der Waals surface area contributed by atoms with Crippen molar-refractivity contribution in [1.29, 1.82) is 0 Å². The number of benzene rings is 3. The van der Waals surface area contributed by atoms with Crippen molar-refractivity contribution in [3.05, 3.63) is 105 Å². The Hall–Kier alpha value is -2.45. The second-order valence-electron chi connectivity index (χ2n) is 8.37. The second-order valence-corrected chi connectivity index (χ2v) is 9.21. The van der Waals surface area contributed by atoms with Gasteiger partial charge in [-0.15, -0.1) is 0 Å². The number of hydroxylamine groups is 1. The van der Waals surface area contributed by atoms with Crippen molar-refractivity contribution in [3.63, 3.8) is 0 Å². The summed E-state index contributed by atoms with van der Waals surface area (Å²) in [6, 6.07) is 21.1. The first kappa shape index (κ1) is 24.7. The summed E-state index contributed by atoms with van der Waals surface area (Å²) in [5.74, 6) is -0.886. The molecule has 1 amide bonds. The molecule has 0 aliphatic carbocycles. The number of aliphatic hydroxyl groups excluding tert-OH is 2. The van der Waals surface area contributed by atoms with Crippen LogP contribution >= 0.6 is 23.2 Å². The lowest BCUT2D eigenvalue weighted by Crippen LogP contribution is -2.50. The summed E-state index contributed by atoms with van der Waals surface area (Å²) >= 11 is 12.7. The van der Waals surface area contributed by atoms with Crippen LogP contribution in [0.15, 0.2) is 72.8 Å². The zero-order valence-corrected chi connectivity index (χ0v) is 20.1. The fourth-order valence-corrected chi connectivity index (χ4v) is 4.93. The molecule has 1 aliphatic heterocycles. The molecule has 4 atom stereocenters. The predicted molar refractivity (Wildman–Crippen MR) is 131 cm³/mol. The highest BCUT2D eigenvalue weighted by molar-refractivity contribution is 6.35. The number of rotatable bonds is 8. The molecule has 4 unspecified atom stereocenters. The number of carbonyl (C=O) groups is 1. The fraction of sp³-hybridized carbons (Fsp3) is 0.269. The monoisotopic (exact) mass is 500 g/mol. The molecule has 0 saturated heterocycles. The normalized spacial score (nSPS) is 19.6. The Bertz CT molecular complexity index is 1140. The Kier molecular flexibility index (Phi) is 7.88. The molecular formula is C26H26Cl2N2O4. The van der Waals surface area contributed by atoms with Crippen LogP contribution in [0.1, 0.15) is 45.9 Å². The third-order valence-electron chi connectivity index (χ3n) is 5.86. The Balaban J connectivity index is 1.73. The van der Waals surface area contributed by atoms with Crippen LogP contribution in [0.25, 0.3) is 0 Å². The van der Waals surface area contributed by atoms with Crippen molar-refractivity contribution >= 4 is 29.1 Å². The van der Waals surface area contributed by atoms with Gasteiger partial charge in [0.05, 0.1) is 24.7 Å². The molecule has 0 fully saturated rings. The number of amides is 1. The van der Waals surface area contributed by atoms with Crippen LogP contribution in [0.4, 0.5) is 0 Å². The molecule has 3 aromatic rings. The van der Waals surface area contributed by atoms with Gasteiger partial charge in [0.1, 0.15) is 6.23 Å². The summed E-state index contributed by atoms with van der Waals surface area (Å²) in [4.78, 5) is 20.7. The lowest BCUT2D eigenvalue weighted by molar-refractivity contribution is -0.0878. The van der Waals surface area contributed by atoms with Gasteiger partial charge in [0.15, 0.2) is 0 Å². The number of hydrogen-bond acceptors (Lipinski definition) is 5. The van der Waals surface area contributed by atoms with Crippen LogP contribution in [0, 0.1) is 0 Å². The molecule has 3 aromatic carbocycles. The van der Waals surface area contributed by atoms with Crippen molar-refractivity contribution < 1.29 is 19.8 Å². The summed E-state index contributed by atoms with van der Waals surface area (Å²) in [6.45, 7) is 1.92. The minimum Gasteiger partial charge on any atom is -0.392 e. The summed E-state index contributed by atoms with van der Waals surface area (Å²) in [5, 5.41) is 22.3. The molecule has 0 spiro atoms. The van der Waals surface area contributed by atoms with Crippen molar-refractivity contribution in [3.8, 4) is 0 Å². The van der Waals surface area contributed by atoms with Crippen molar-refractivity contribution in [2.75, 3.05) is 6.54 Å². The number of halogens is 2. The second kappa shape index (κ2) is 10.9. The Morgan fingerprint density at radius 2 is 1.71 bits per heavy atom. The zero-order chi connectivity index (χ0) is 24.2. The number of β-amino-alcohol motifs (C(OH)–C–C–N with tert-alkyl or cyclic N) is 1. The SMILES string of the molecule is CC(O)CN1C(=O)c2ccccc2C(C(O)NOCc2ccccc2)C1c1ccc(Cl)cc1Cl. The lowest BCUT2D eigenvalue weighted by Gasteiger charge is -2.44. The minimum atomic E-state index is -1.19. The first-order chi connectivity index (χ1) is 16.4. The largest absolute Gasteiger partial charge is 0.392 e. The smallest absolute Gasteiger partial charge is 0.254 e. The van der Waals surface area contributed by atoms with Crippen molar-refractivity contribution in [1.82, 2.24) is 10.4 Å². The molecule has 8 heteroatoms. The van der Waals surface area contributed by atoms with Gasteiger partial charge in [-0.2, -0.15) is 5.48 Å².